The van der Waals surface area contributed by atoms with E-state index in [0.29, 0.717) is 28.0 Å². The van der Waals surface area contributed by atoms with Gasteiger partial charge in [-0.25, -0.2) is 13.4 Å². The van der Waals surface area contributed by atoms with Crippen molar-refractivity contribution in [1.29, 1.82) is 0 Å². The highest BCUT2D eigenvalue weighted by molar-refractivity contribution is 7.92. The van der Waals surface area contributed by atoms with Crippen LogP contribution >= 0.6 is 0 Å². The summed E-state index contributed by atoms with van der Waals surface area (Å²) in [4.78, 5) is 31.0. The summed E-state index contributed by atoms with van der Waals surface area (Å²) >= 11 is 0. The van der Waals surface area contributed by atoms with Crippen molar-refractivity contribution in [2.45, 2.75) is 44.9 Å². The molecule has 0 aliphatic heterocycles. The third kappa shape index (κ3) is 4.96. The number of nitrogens with one attached hydrogen (secondary N) is 2. The van der Waals surface area contributed by atoms with Gasteiger partial charge in [0, 0.05) is 24.1 Å². The fourth-order valence-corrected chi connectivity index (χ4v) is 5.11. The van der Waals surface area contributed by atoms with Crippen molar-refractivity contribution in [3.8, 4) is 17.1 Å². The Morgan fingerprint density at radius 1 is 1.18 bits per heavy atom. The van der Waals surface area contributed by atoms with Crippen LogP contribution in [0.5, 0.6) is 5.75 Å². The number of hydrogen-bond donors (Lipinski definition) is 2. The fourth-order valence-electron chi connectivity index (χ4n) is 4.04. The Kier molecular flexibility index (Phi) is 6.74. The summed E-state index contributed by atoms with van der Waals surface area (Å²) in [6, 6.07) is 8.23. The summed E-state index contributed by atoms with van der Waals surface area (Å²) in [5, 5.41) is 15.8. The van der Waals surface area contributed by atoms with Gasteiger partial charge in [-0.05, 0) is 38.1 Å². The van der Waals surface area contributed by atoms with Gasteiger partial charge in [0.2, 0.25) is 0 Å². The molecule has 0 unspecified atom stereocenters. The Morgan fingerprint density at radius 3 is 2.53 bits per heavy atom. The topological polar surface area (TPSA) is 162 Å². The number of H-pyrrole nitrogens is 1. The number of benzene rings is 2. The average molecular weight is 541 g/mol. The number of anilines is 1. The zero-order chi connectivity index (χ0) is 28.0. The number of nitrogens with zero attached hydrogens (tertiary/aromatic N) is 4. The zero-order valence-electron chi connectivity index (χ0n) is 21.8. The molecule has 2 aromatic carbocycles. The van der Waals surface area contributed by atoms with E-state index in [1.54, 1.807) is 20.9 Å². The lowest BCUT2D eigenvalue weighted by Crippen LogP contribution is -2.15. The SMILES string of the molecule is CCOc1ccc(S(=O)(=O)Nc2ccc(C)c([N+](=O)[O-])c2)cc1-c1nc2c(C(C)(C)C)nn(C)c2c(=O)[nH]1. The van der Waals surface area contributed by atoms with E-state index in [4.69, 9.17) is 4.74 Å². The van der Waals surface area contributed by atoms with Crippen LogP contribution < -0.4 is 15.0 Å². The van der Waals surface area contributed by atoms with Crippen LogP contribution in [0, 0.1) is 17.0 Å². The predicted molar refractivity (Wildman–Crippen MR) is 143 cm³/mol. The summed E-state index contributed by atoms with van der Waals surface area (Å²) in [5.41, 5.74) is 0.954. The molecule has 0 saturated carbocycles. The Labute approximate surface area is 218 Å². The van der Waals surface area contributed by atoms with E-state index in [0.717, 1.165) is 6.07 Å². The molecule has 2 aromatic heterocycles. The van der Waals surface area contributed by atoms with Gasteiger partial charge in [-0.15, -0.1) is 0 Å². The van der Waals surface area contributed by atoms with E-state index < -0.39 is 25.9 Å². The number of fused-ring (bicyclic) bond motifs is 1. The maximum atomic E-state index is 13.3. The molecule has 0 aliphatic carbocycles. The molecule has 0 atom stereocenters. The van der Waals surface area contributed by atoms with Crippen LogP contribution in [0.1, 0.15) is 39.0 Å². The minimum atomic E-state index is -4.18. The first-order valence-electron chi connectivity index (χ1n) is 11.8. The molecule has 0 fully saturated rings. The zero-order valence-corrected chi connectivity index (χ0v) is 22.6. The van der Waals surface area contributed by atoms with Crippen LogP contribution in [0.15, 0.2) is 46.1 Å². The standard InChI is InChI=1S/C25H28N6O6S/c1-7-37-19-11-10-16(38(35,36)29-15-9-8-14(2)18(12-15)31(33)34)13-17(19)23-26-20-21(24(32)27-23)30(6)28-22(20)25(3,4)5/h8-13,29H,7H2,1-6H3,(H,26,27,32). The van der Waals surface area contributed by atoms with Gasteiger partial charge in [-0.2, -0.15) is 5.10 Å². The Morgan fingerprint density at radius 2 is 1.89 bits per heavy atom. The minimum Gasteiger partial charge on any atom is -0.493 e. The molecule has 38 heavy (non-hydrogen) atoms. The fraction of sp³-hybridized carbons (Fsp3) is 0.320. The molecule has 2 N–H and O–H groups in total. The number of hydrogen-bond acceptors (Lipinski definition) is 8. The van der Waals surface area contributed by atoms with Crippen LogP contribution in [0.25, 0.3) is 22.4 Å². The Balaban J connectivity index is 1.86. The van der Waals surface area contributed by atoms with Gasteiger partial charge in [0.15, 0.2) is 5.52 Å². The van der Waals surface area contributed by atoms with Crippen molar-refractivity contribution in [2.24, 2.45) is 7.05 Å². The average Bonchev–Trinajstić information content (AvgIpc) is 3.17. The largest absolute Gasteiger partial charge is 0.493 e. The van der Waals surface area contributed by atoms with Crippen LogP contribution in [-0.4, -0.2) is 39.7 Å². The molecular weight excluding hydrogens is 512 g/mol. The maximum absolute atomic E-state index is 13.3. The lowest BCUT2D eigenvalue weighted by atomic mass is 9.91. The molecular formula is C25H28N6O6S. The summed E-state index contributed by atoms with van der Waals surface area (Å²) in [5.74, 6) is 0.439. The van der Waals surface area contributed by atoms with Gasteiger partial charge in [-0.3, -0.25) is 24.3 Å². The molecule has 0 amide bonds. The highest BCUT2D eigenvalue weighted by atomic mass is 32.2. The second-order valence-electron chi connectivity index (χ2n) is 9.79. The molecule has 0 aliphatic rings. The number of sulfonamides is 1. The third-order valence-corrected chi connectivity index (χ3v) is 7.26. The smallest absolute Gasteiger partial charge is 0.277 e. The predicted octanol–water partition coefficient (Wildman–Crippen LogP) is 4.04. The van der Waals surface area contributed by atoms with Crippen molar-refractivity contribution in [3.63, 3.8) is 0 Å². The second-order valence-corrected chi connectivity index (χ2v) is 11.5. The lowest BCUT2D eigenvalue weighted by molar-refractivity contribution is -0.385. The van der Waals surface area contributed by atoms with E-state index in [-0.39, 0.29) is 34.3 Å². The molecule has 0 bridgehead atoms. The van der Waals surface area contributed by atoms with Crippen molar-refractivity contribution in [1.82, 2.24) is 19.7 Å². The number of nitro groups is 1. The number of aromatic amines is 1. The molecule has 12 nitrogen and oxygen atoms in total. The molecule has 0 saturated heterocycles. The number of nitro benzene ring substituents is 1. The normalized spacial score (nSPS) is 12.1. The van der Waals surface area contributed by atoms with Crippen molar-refractivity contribution < 1.29 is 18.1 Å². The first-order chi connectivity index (χ1) is 17.7. The Hall–Kier alpha value is -4.26. The van der Waals surface area contributed by atoms with Crippen molar-refractivity contribution >= 4 is 32.4 Å². The van der Waals surface area contributed by atoms with E-state index in [2.05, 4.69) is 19.8 Å². The summed E-state index contributed by atoms with van der Waals surface area (Å²) in [6.07, 6.45) is 0. The Bertz CT molecular complexity index is 1730. The third-order valence-electron chi connectivity index (χ3n) is 5.88. The molecule has 4 aromatic rings. The first-order valence-corrected chi connectivity index (χ1v) is 13.2. The summed E-state index contributed by atoms with van der Waals surface area (Å²) in [7, 11) is -2.51. The first kappa shape index (κ1) is 26.8. The molecule has 4 rings (SSSR count). The van der Waals surface area contributed by atoms with E-state index in [9.17, 15) is 23.3 Å². The minimum absolute atomic E-state index is 0.0378. The summed E-state index contributed by atoms with van der Waals surface area (Å²) in [6.45, 7) is 9.49. The van der Waals surface area contributed by atoms with E-state index >= 15 is 0 Å². The highest BCUT2D eigenvalue weighted by Gasteiger charge is 2.26. The highest BCUT2D eigenvalue weighted by Crippen LogP contribution is 2.33. The van der Waals surface area contributed by atoms with Crippen molar-refractivity contribution in [2.75, 3.05) is 11.3 Å². The molecule has 13 heteroatoms. The maximum Gasteiger partial charge on any atom is 0.277 e. The van der Waals surface area contributed by atoms with Crippen LogP contribution in [0.3, 0.4) is 0 Å². The van der Waals surface area contributed by atoms with Gasteiger partial charge in [0.05, 0.1) is 33.4 Å². The van der Waals surface area contributed by atoms with Crippen LogP contribution in [-0.2, 0) is 22.5 Å². The quantitative estimate of drug-likeness (QED) is 0.262. The van der Waals surface area contributed by atoms with Gasteiger partial charge >= 0.3 is 0 Å². The molecule has 2 heterocycles. The van der Waals surface area contributed by atoms with Gasteiger partial charge in [-0.1, -0.05) is 26.8 Å². The van der Waals surface area contributed by atoms with Crippen LogP contribution in [0.4, 0.5) is 11.4 Å². The molecule has 0 radical (unpaired) electrons. The van der Waals surface area contributed by atoms with Crippen molar-refractivity contribution in [3.05, 3.63) is 68.1 Å². The lowest BCUT2D eigenvalue weighted by Gasteiger charge is -2.16. The van der Waals surface area contributed by atoms with Gasteiger partial charge < -0.3 is 9.72 Å². The summed E-state index contributed by atoms with van der Waals surface area (Å²) < 4.78 is 36.1. The van der Waals surface area contributed by atoms with E-state index in [1.165, 1.54) is 35.0 Å². The van der Waals surface area contributed by atoms with E-state index in [1.807, 2.05) is 20.8 Å². The number of aryl methyl sites for hydroxylation is 2. The number of aromatic nitrogens is 4. The molecule has 0 spiro atoms. The van der Waals surface area contributed by atoms with Gasteiger partial charge in [0.1, 0.15) is 17.1 Å². The monoisotopic (exact) mass is 540 g/mol. The second kappa shape index (κ2) is 9.56. The number of rotatable bonds is 7. The molecule has 200 valence electrons. The van der Waals surface area contributed by atoms with Crippen LogP contribution in [0.2, 0.25) is 0 Å². The number of ether oxygens (including phenoxy) is 1. The van der Waals surface area contributed by atoms with Gasteiger partial charge in [0.25, 0.3) is 21.3 Å².